The summed E-state index contributed by atoms with van der Waals surface area (Å²) in [5, 5.41) is 2.92. The number of amides is 1. The number of methoxy groups -OCH3 is 1. The van der Waals surface area contributed by atoms with Gasteiger partial charge in [-0.2, -0.15) is 0 Å². The van der Waals surface area contributed by atoms with Crippen LogP contribution < -0.4 is 10.1 Å². The zero-order valence-electron chi connectivity index (χ0n) is 13.7. The Kier molecular flexibility index (Phi) is 4.61. The SMILES string of the molecule is COc1ccc(C(=O)NCc2ccc(-n3ccnc3C)cc2)cc1. The zero-order valence-corrected chi connectivity index (χ0v) is 13.7. The second-order valence-corrected chi connectivity index (χ2v) is 5.42. The van der Waals surface area contributed by atoms with Gasteiger partial charge in [0.2, 0.25) is 0 Å². The molecule has 0 aliphatic rings. The standard InChI is InChI=1S/C19H19N3O2/c1-14-20-11-12-22(14)17-7-3-15(4-8-17)13-21-19(23)16-5-9-18(24-2)10-6-16/h3-12H,13H2,1-2H3,(H,21,23). The molecule has 1 heterocycles. The first-order chi connectivity index (χ1) is 11.7. The van der Waals surface area contributed by atoms with Crippen LogP contribution in [0.4, 0.5) is 0 Å². The molecule has 0 saturated carbocycles. The molecule has 0 saturated heterocycles. The average Bonchev–Trinajstić information content (AvgIpc) is 3.06. The number of hydrogen-bond donors (Lipinski definition) is 1. The maximum Gasteiger partial charge on any atom is 0.251 e. The molecular weight excluding hydrogens is 302 g/mol. The first-order valence-electron chi connectivity index (χ1n) is 7.69. The molecule has 0 aliphatic carbocycles. The van der Waals surface area contributed by atoms with Gasteiger partial charge in [-0.3, -0.25) is 4.79 Å². The number of rotatable bonds is 5. The van der Waals surface area contributed by atoms with E-state index in [1.807, 2.05) is 42.0 Å². The second kappa shape index (κ2) is 7.00. The van der Waals surface area contributed by atoms with Gasteiger partial charge in [-0.25, -0.2) is 4.98 Å². The third-order valence-corrected chi connectivity index (χ3v) is 3.85. The zero-order chi connectivity index (χ0) is 16.9. The summed E-state index contributed by atoms with van der Waals surface area (Å²) in [6.45, 7) is 2.44. The Balaban J connectivity index is 1.62. The van der Waals surface area contributed by atoms with Crippen molar-refractivity contribution in [2.45, 2.75) is 13.5 Å². The maximum absolute atomic E-state index is 12.2. The quantitative estimate of drug-likeness (QED) is 0.785. The number of hydrogen-bond acceptors (Lipinski definition) is 3. The highest BCUT2D eigenvalue weighted by Gasteiger charge is 2.06. The normalized spacial score (nSPS) is 10.4. The molecular formula is C19H19N3O2. The Hall–Kier alpha value is -3.08. The summed E-state index contributed by atoms with van der Waals surface area (Å²) in [5.74, 6) is 1.57. The average molecular weight is 321 g/mol. The molecule has 0 radical (unpaired) electrons. The van der Waals surface area contributed by atoms with Gasteiger partial charge in [0.1, 0.15) is 11.6 Å². The van der Waals surface area contributed by atoms with E-state index < -0.39 is 0 Å². The predicted molar refractivity (Wildman–Crippen MR) is 92.5 cm³/mol. The van der Waals surface area contributed by atoms with Crippen LogP contribution in [0, 0.1) is 6.92 Å². The molecule has 0 fully saturated rings. The van der Waals surface area contributed by atoms with Crippen LogP contribution in [-0.2, 0) is 6.54 Å². The van der Waals surface area contributed by atoms with Crippen LogP contribution in [0.1, 0.15) is 21.7 Å². The fraction of sp³-hybridized carbons (Fsp3) is 0.158. The maximum atomic E-state index is 12.2. The van der Waals surface area contributed by atoms with E-state index in [0.717, 1.165) is 22.8 Å². The molecule has 2 aromatic carbocycles. The van der Waals surface area contributed by atoms with Crippen LogP contribution in [0.15, 0.2) is 60.9 Å². The Morgan fingerprint density at radius 1 is 1.12 bits per heavy atom. The molecule has 3 aromatic rings. The molecule has 0 aliphatic heterocycles. The number of aromatic nitrogens is 2. The minimum Gasteiger partial charge on any atom is -0.497 e. The van der Waals surface area contributed by atoms with Crippen LogP contribution in [0.2, 0.25) is 0 Å². The van der Waals surface area contributed by atoms with Crippen LogP contribution in [0.3, 0.4) is 0 Å². The summed E-state index contributed by atoms with van der Waals surface area (Å²) in [5.41, 5.74) is 2.70. The topological polar surface area (TPSA) is 56.1 Å². The van der Waals surface area contributed by atoms with Gasteiger partial charge >= 0.3 is 0 Å². The fourth-order valence-corrected chi connectivity index (χ4v) is 2.45. The molecule has 0 atom stereocenters. The molecule has 0 unspecified atom stereocenters. The molecule has 1 N–H and O–H groups in total. The molecule has 0 bridgehead atoms. The van der Waals surface area contributed by atoms with E-state index in [4.69, 9.17) is 4.74 Å². The van der Waals surface area contributed by atoms with Gasteiger partial charge in [0.05, 0.1) is 7.11 Å². The van der Waals surface area contributed by atoms with Crippen LogP contribution >= 0.6 is 0 Å². The second-order valence-electron chi connectivity index (χ2n) is 5.42. The predicted octanol–water partition coefficient (Wildman–Crippen LogP) is 3.12. The highest BCUT2D eigenvalue weighted by molar-refractivity contribution is 5.94. The van der Waals surface area contributed by atoms with Crippen molar-refractivity contribution in [2.24, 2.45) is 0 Å². The Bertz CT molecular complexity index is 821. The van der Waals surface area contributed by atoms with Gasteiger partial charge in [-0.05, 0) is 48.9 Å². The van der Waals surface area contributed by atoms with E-state index in [1.165, 1.54) is 0 Å². The largest absolute Gasteiger partial charge is 0.497 e. The number of nitrogens with zero attached hydrogens (tertiary/aromatic N) is 2. The third kappa shape index (κ3) is 3.46. The van der Waals surface area contributed by atoms with Gasteiger partial charge in [0.15, 0.2) is 0 Å². The number of benzene rings is 2. The first-order valence-corrected chi connectivity index (χ1v) is 7.69. The summed E-state index contributed by atoms with van der Waals surface area (Å²) < 4.78 is 7.10. The molecule has 3 rings (SSSR count). The smallest absolute Gasteiger partial charge is 0.251 e. The molecule has 24 heavy (non-hydrogen) atoms. The molecule has 0 spiro atoms. The number of nitrogens with one attached hydrogen (secondary N) is 1. The van der Waals surface area contributed by atoms with Crippen molar-refractivity contribution in [3.05, 3.63) is 77.9 Å². The minimum atomic E-state index is -0.104. The molecule has 1 aromatic heterocycles. The number of carbonyl (C=O) groups is 1. The molecule has 5 heteroatoms. The first kappa shape index (κ1) is 15.8. The number of imidazole rings is 1. The minimum absolute atomic E-state index is 0.104. The third-order valence-electron chi connectivity index (χ3n) is 3.85. The lowest BCUT2D eigenvalue weighted by Crippen LogP contribution is -2.22. The van der Waals surface area contributed by atoms with E-state index in [1.54, 1.807) is 37.6 Å². The number of aryl methyl sites for hydroxylation is 1. The van der Waals surface area contributed by atoms with E-state index in [2.05, 4.69) is 10.3 Å². The van der Waals surface area contributed by atoms with Crippen molar-refractivity contribution in [3.8, 4) is 11.4 Å². The summed E-state index contributed by atoms with van der Waals surface area (Å²) >= 11 is 0. The van der Waals surface area contributed by atoms with Gasteiger partial charge in [-0.1, -0.05) is 12.1 Å². The van der Waals surface area contributed by atoms with Gasteiger partial charge in [-0.15, -0.1) is 0 Å². The monoisotopic (exact) mass is 321 g/mol. The summed E-state index contributed by atoms with van der Waals surface area (Å²) in [6.07, 6.45) is 3.70. The molecule has 1 amide bonds. The Morgan fingerprint density at radius 3 is 2.42 bits per heavy atom. The van der Waals surface area contributed by atoms with E-state index in [9.17, 15) is 4.79 Å². The van der Waals surface area contributed by atoms with Crippen molar-refractivity contribution in [3.63, 3.8) is 0 Å². The molecule has 5 nitrogen and oxygen atoms in total. The van der Waals surface area contributed by atoms with E-state index in [-0.39, 0.29) is 5.91 Å². The Morgan fingerprint density at radius 2 is 1.83 bits per heavy atom. The van der Waals surface area contributed by atoms with Gasteiger partial charge in [0.25, 0.3) is 5.91 Å². The van der Waals surface area contributed by atoms with Crippen molar-refractivity contribution in [2.75, 3.05) is 7.11 Å². The van der Waals surface area contributed by atoms with Crippen molar-refractivity contribution >= 4 is 5.91 Å². The number of carbonyl (C=O) groups excluding carboxylic acids is 1. The van der Waals surface area contributed by atoms with Crippen LogP contribution in [-0.4, -0.2) is 22.6 Å². The summed E-state index contributed by atoms with van der Waals surface area (Å²) in [6, 6.07) is 15.1. The summed E-state index contributed by atoms with van der Waals surface area (Å²) in [4.78, 5) is 16.4. The van der Waals surface area contributed by atoms with Gasteiger partial charge in [0, 0.05) is 30.2 Å². The lowest BCUT2D eigenvalue weighted by molar-refractivity contribution is 0.0951. The van der Waals surface area contributed by atoms with E-state index >= 15 is 0 Å². The lowest BCUT2D eigenvalue weighted by atomic mass is 10.1. The van der Waals surface area contributed by atoms with E-state index in [0.29, 0.717) is 12.1 Å². The van der Waals surface area contributed by atoms with Crippen molar-refractivity contribution in [1.29, 1.82) is 0 Å². The summed E-state index contributed by atoms with van der Waals surface area (Å²) in [7, 11) is 1.60. The van der Waals surface area contributed by atoms with Crippen molar-refractivity contribution in [1.82, 2.24) is 14.9 Å². The highest BCUT2D eigenvalue weighted by atomic mass is 16.5. The fourth-order valence-electron chi connectivity index (χ4n) is 2.45. The lowest BCUT2D eigenvalue weighted by Gasteiger charge is -2.08. The van der Waals surface area contributed by atoms with Crippen LogP contribution in [0.5, 0.6) is 5.75 Å². The number of ether oxygens (including phenoxy) is 1. The molecule has 122 valence electrons. The van der Waals surface area contributed by atoms with Crippen LogP contribution in [0.25, 0.3) is 5.69 Å². The highest BCUT2D eigenvalue weighted by Crippen LogP contribution is 2.13. The Labute approximate surface area is 140 Å². The van der Waals surface area contributed by atoms with Crippen molar-refractivity contribution < 1.29 is 9.53 Å². The van der Waals surface area contributed by atoms with Gasteiger partial charge < -0.3 is 14.6 Å².